The molecule has 6 nitrogen and oxygen atoms in total. The summed E-state index contributed by atoms with van der Waals surface area (Å²) in [5.41, 5.74) is 0. The minimum absolute atomic E-state index is 0.0263. The smallest absolute Gasteiger partial charge is 0.305 e. The zero-order valence-electron chi connectivity index (χ0n) is 38.1. The highest BCUT2D eigenvalue weighted by atomic mass is 16.5. The molecule has 0 saturated carbocycles. The molecule has 0 aliphatic heterocycles. The highest BCUT2D eigenvalue weighted by Gasteiger charge is 2.20. The van der Waals surface area contributed by atoms with Crippen molar-refractivity contribution in [2.45, 2.75) is 276 Å². The fourth-order valence-electron chi connectivity index (χ4n) is 7.57. The Kier molecular flexibility index (Phi) is 45.7. The van der Waals surface area contributed by atoms with Crippen molar-refractivity contribution < 1.29 is 24.5 Å². The number of allylic oxidation sites excluding steroid dienone is 4. The maximum atomic E-state index is 12.4. The SMILES string of the molecule is CCCCCCCCC/C=C\CCCCCCCCCC(=O)OCCCCC/C=C\CCCCCCCC(=O)NC(CO)C(O)CCCCCCCCCCCC. The number of carbonyl (C=O) groups is 2. The van der Waals surface area contributed by atoms with Gasteiger partial charge in [0.25, 0.3) is 0 Å². The summed E-state index contributed by atoms with van der Waals surface area (Å²) in [4.78, 5) is 24.4. The van der Waals surface area contributed by atoms with Gasteiger partial charge in [0, 0.05) is 12.8 Å². The van der Waals surface area contributed by atoms with Gasteiger partial charge in [-0.05, 0) is 83.5 Å². The summed E-state index contributed by atoms with van der Waals surface area (Å²) >= 11 is 0. The molecular weight excluding hydrogens is 707 g/mol. The van der Waals surface area contributed by atoms with Crippen molar-refractivity contribution in [1.29, 1.82) is 0 Å². The van der Waals surface area contributed by atoms with Gasteiger partial charge >= 0.3 is 5.97 Å². The maximum absolute atomic E-state index is 12.4. The average molecular weight is 804 g/mol. The lowest BCUT2D eigenvalue weighted by molar-refractivity contribution is -0.143. The second-order valence-electron chi connectivity index (χ2n) is 17.1. The van der Waals surface area contributed by atoms with Gasteiger partial charge in [0.1, 0.15) is 0 Å². The zero-order chi connectivity index (χ0) is 41.5. The van der Waals surface area contributed by atoms with E-state index >= 15 is 0 Å². The molecule has 0 radical (unpaired) electrons. The van der Waals surface area contributed by atoms with Crippen LogP contribution in [0.15, 0.2) is 24.3 Å². The molecule has 336 valence electrons. The summed E-state index contributed by atoms with van der Waals surface area (Å²) in [6, 6.07) is -0.558. The summed E-state index contributed by atoms with van der Waals surface area (Å²) in [5.74, 6) is -0.0895. The van der Waals surface area contributed by atoms with Gasteiger partial charge in [-0.15, -0.1) is 0 Å². The first kappa shape index (κ1) is 55.3. The van der Waals surface area contributed by atoms with Crippen LogP contribution >= 0.6 is 0 Å². The molecule has 6 heteroatoms. The molecule has 0 spiro atoms. The molecule has 0 fully saturated rings. The monoisotopic (exact) mass is 804 g/mol. The second-order valence-corrected chi connectivity index (χ2v) is 17.1. The summed E-state index contributed by atoms with van der Waals surface area (Å²) in [6.07, 6.45) is 54.3. The number of amides is 1. The van der Waals surface area contributed by atoms with E-state index in [9.17, 15) is 19.8 Å². The van der Waals surface area contributed by atoms with Gasteiger partial charge in [0.2, 0.25) is 5.91 Å². The number of rotatable bonds is 46. The fourth-order valence-corrected chi connectivity index (χ4v) is 7.57. The molecule has 0 aromatic carbocycles. The summed E-state index contributed by atoms with van der Waals surface area (Å²) in [5, 5.41) is 23.1. The van der Waals surface area contributed by atoms with E-state index in [-0.39, 0.29) is 18.5 Å². The molecule has 0 rings (SSSR count). The first-order valence-electron chi connectivity index (χ1n) is 25.1. The molecule has 3 N–H and O–H groups in total. The molecule has 2 unspecified atom stereocenters. The van der Waals surface area contributed by atoms with Crippen LogP contribution in [0.3, 0.4) is 0 Å². The number of aliphatic hydroxyl groups excluding tert-OH is 2. The molecule has 57 heavy (non-hydrogen) atoms. The lowest BCUT2D eigenvalue weighted by Gasteiger charge is -2.22. The van der Waals surface area contributed by atoms with Crippen LogP contribution in [0.1, 0.15) is 264 Å². The van der Waals surface area contributed by atoms with Gasteiger partial charge in [0.15, 0.2) is 0 Å². The Labute approximate surface area is 354 Å². The molecule has 0 aliphatic rings. The molecule has 0 aromatic rings. The van der Waals surface area contributed by atoms with Crippen LogP contribution in [0, 0.1) is 0 Å². The van der Waals surface area contributed by atoms with Crippen LogP contribution in [0.2, 0.25) is 0 Å². The fraction of sp³-hybridized carbons (Fsp3) is 0.882. The van der Waals surface area contributed by atoms with Crippen LogP contribution < -0.4 is 5.32 Å². The number of esters is 1. The molecule has 0 aromatic heterocycles. The molecule has 0 heterocycles. The number of carbonyl (C=O) groups excluding carboxylic acids is 2. The lowest BCUT2D eigenvalue weighted by Crippen LogP contribution is -2.45. The van der Waals surface area contributed by atoms with Crippen LogP contribution in [0.5, 0.6) is 0 Å². The normalized spacial score (nSPS) is 12.8. The zero-order valence-corrected chi connectivity index (χ0v) is 38.1. The number of hydrogen-bond donors (Lipinski definition) is 3. The number of aliphatic hydroxyl groups is 2. The first-order chi connectivity index (χ1) is 28.0. The maximum Gasteiger partial charge on any atom is 0.305 e. The Morgan fingerprint density at radius 3 is 1.25 bits per heavy atom. The van der Waals surface area contributed by atoms with Crippen molar-refractivity contribution in [2.75, 3.05) is 13.2 Å². The van der Waals surface area contributed by atoms with Crippen LogP contribution in [0.4, 0.5) is 0 Å². The molecule has 2 atom stereocenters. The van der Waals surface area contributed by atoms with Gasteiger partial charge in [-0.1, -0.05) is 192 Å². The Hall–Kier alpha value is -1.66. The quantitative estimate of drug-likeness (QED) is 0.0324. The largest absolute Gasteiger partial charge is 0.466 e. The second kappa shape index (κ2) is 47.0. The van der Waals surface area contributed by atoms with E-state index in [4.69, 9.17) is 4.74 Å². The summed E-state index contributed by atoms with van der Waals surface area (Å²) in [7, 11) is 0. The van der Waals surface area contributed by atoms with E-state index in [1.165, 1.54) is 154 Å². The minimum atomic E-state index is -0.678. The van der Waals surface area contributed by atoms with E-state index < -0.39 is 12.1 Å². The van der Waals surface area contributed by atoms with Gasteiger partial charge in [-0.3, -0.25) is 9.59 Å². The third-order valence-corrected chi connectivity index (χ3v) is 11.5. The van der Waals surface area contributed by atoms with E-state index in [2.05, 4.69) is 43.5 Å². The predicted molar refractivity (Wildman–Crippen MR) is 246 cm³/mol. The van der Waals surface area contributed by atoms with E-state index in [0.29, 0.717) is 25.9 Å². The van der Waals surface area contributed by atoms with E-state index in [0.717, 1.165) is 77.0 Å². The molecule has 1 amide bonds. The highest BCUT2D eigenvalue weighted by Crippen LogP contribution is 2.15. The number of hydrogen-bond acceptors (Lipinski definition) is 5. The van der Waals surface area contributed by atoms with E-state index in [1.807, 2.05) is 0 Å². The first-order valence-corrected chi connectivity index (χ1v) is 25.1. The molecular formula is C51H97NO5. The topological polar surface area (TPSA) is 95.9 Å². The summed E-state index contributed by atoms with van der Waals surface area (Å²) < 4.78 is 5.45. The van der Waals surface area contributed by atoms with Crippen LogP contribution in [0.25, 0.3) is 0 Å². The minimum Gasteiger partial charge on any atom is -0.466 e. The molecule has 0 bridgehead atoms. The lowest BCUT2D eigenvalue weighted by atomic mass is 10.0. The predicted octanol–water partition coefficient (Wildman–Crippen LogP) is 14.7. The van der Waals surface area contributed by atoms with Crippen LogP contribution in [-0.4, -0.2) is 47.4 Å². The van der Waals surface area contributed by atoms with Gasteiger partial charge in [0.05, 0.1) is 25.4 Å². The Morgan fingerprint density at radius 1 is 0.474 bits per heavy atom. The van der Waals surface area contributed by atoms with Crippen LogP contribution in [-0.2, 0) is 14.3 Å². The molecule has 0 saturated heterocycles. The van der Waals surface area contributed by atoms with Crippen molar-refractivity contribution in [1.82, 2.24) is 5.32 Å². The highest BCUT2D eigenvalue weighted by molar-refractivity contribution is 5.76. The Bertz CT molecular complexity index is 889. The third-order valence-electron chi connectivity index (χ3n) is 11.5. The van der Waals surface area contributed by atoms with Gasteiger partial charge in [-0.25, -0.2) is 0 Å². The van der Waals surface area contributed by atoms with Crippen molar-refractivity contribution in [3.8, 4) is 0 Å². The van der Waals surface area contributed by atoms with Crippen molar-refractivity contribution in [2.24, 2.45) is 0 Å². The number of unbranched alkanes of at least 4 members (excludes halogenated alkanes) is 31. The number of nitrogens with one attached hydrogen (secondary N) is 1. The molecule has 0 aliphatic carbocycles. The van der Waals surface area contributed by atoms with Crippen molar-refractivity contribution >= 4 is 11.9 Å². The standard InChI is InChI=1S/C51H97NO5/c1-3-5-7-9-11-13-15-16-17-18-19-20-21-25-29-33-37-41-45-51(56)57-46-42-38-34-30-26-23-22-24-28-32-36-40-44-50(55)52-48(47-53)49(54)43-39-35-31-27-14-12-10-8-6-4-2/h17-18,23,26,48-49,53-54H,3-16,19-22,24-25,27-47H2,1-2H3,(H,52,55)/b18-17-,26-23-. The van der Waals surface area contributed by atoms with Crippen molar-refractivity contribution in [3.05, 3.63) is 24.3 Å². The van der Waals surface area contributed by atoms with E-state index in [1.54, 1.807) is 0 Å². The summed E-state index contributed by atoms with van der Waals surface area (Å²) in [6.45, 7) is 4.87. The third kappa shape index (κ3) is 43.7. The Balaban J connectivity index is 3.48. The van der Waals surface area contributed by atoms with Gasteiger partial charge < -0.3 is 20.3 Å². The average Bonchev–Trinajstić information content (AvgIpc) is 3.21. The number of ether oxygens (including phenoxy) is 1. The Morgan fingerprint density at radius 2 is 0.825 bits per heavy atom. The van der Waals surface area contributed by atoms with Crippen molar-refractivity contribution in [3.63, 3.8) is 0 Å². The van der Waals surface area contributed by atoms with Gasteiger partial charge in [-0.2, -0.15) is 0 Å².